The van der Waals surface area contributed by atoms with Gasteiger partial charge in [-0.3, -0.25) is 0 Å². The summed E-state index contributed by atoms with van der Waals surface area (Å²) in [5.74, 6) is 0. The molecular formula is C11H7IN2. The normalized spacial score (nSPS) is 9.71. The van der Waals surface area contributed by atoms with E-state index in [4.69, 9.17) is 5.26 Å². The molecule has 0 atom stereocenters. The molecule has 1 aromatic carbocycles. The third-order valence-electron chi connectivity index (χ3n) is 1.97. The van der Waals surface area contributed by atoms with Gasteiger partial charge in [0.2, 0.25) is 0 Å². The number of rotatable bonds is 1. The van der Waals surface area contributed by atoms with Crippen molar-refractivity contribution in [3.63, 3.8) is 0 Å². The van der Waals surface area contributed by atoms with Crippen molar-refractivity contribution in [1.82, 2.24) is 4.57 Å². The van der Waals surface area contributed by atoms with Crippen molar-refractivity contribution < 1.29 is 0 Å². The van der Waals surface area contributed by atoms with Crippen LogP contribution in [0.15, 0.2) is 42.6 Å². The molecule has 0 unspecified atom stereocenters. The van der Waals surface area contributed by atoms with Crippen LogP contribution in [-0.4, -0.2) is 4.57 Å². The summed E-state index contributed by atoms with van der Waals surface area (Å²) in [6.07, 6.45) is 2.00. The van der Waals surface area contributed by atoms with Gasteiger partial charge in [-0.05, 0) is 59.0 Å². The number of nitrogens with zero attached hydrogens (tertiary/aromatic N) is 2. The molecule has 0 saturated carbocycles. The second-order valence-electron chi connectivity index (χ2n) is 2.86. The largest absolute Gasteiger partial charge is 0.312 e. The van der Waals surface area contributed by atoms with Gasteiger partial charge >= 0.3 is 0 Å². The summed E-state index contributed by atoms with van der Waals surface area (Å²) >= 11 is 2.28. The van der Waals surface area contributed by atoms with E-state index in [9.17, 15) is 0 Å². The first kappa shape index (κ1) is 9.28. The molecule has 3 heteroatoms. The zero-order valence-electron chi connectivity index (χ0n) is 7.31. The van der Waals surface area contributed by atoms with Crippen molar-refractivity contribution in [2.24, 2.45) is 0 Å². The third-order valence-corrected chi connectivity index (χ3v) is 2.85. The van der Waals surface area contributed by atoms with E-state index in [1.54, 1.807) is 0 Å². The average Bonchev–Trinajstić information content (AvgIpc) is 2.65. The van der Waals surface area contributed by atoms with Crippen LogP contribution in [0.5, 0.6) is 0 Å². The second kappa shape index (κ2) is 3.84. The zero-order valence-corrected chi connectivity index (χ0v) is 9.47. The molecule has 0 spiro atoms. The smallest absolute Gasteiger partial charge is 0.0991 e. The number of aromatic nitrogens is 1. The quantitative estimate of drug-likeness (QED) is 0.743. The minimum absolute atomic E-state index is 0.691. The summed E-state index contributed by atoms with van der Waals surface area (Å²) in [4.78, 5) is 0. The van der Waals surface area contributed by atoms with Crippen molar-refractivity contribution in [3.05, 3.63) is 51.9 Å². The van der Waals surface area contributed by atoms with Gasteiger partial charge in [-0.25, -0.2) is 0 Å². The molecule has 2 rings (SSSR count). The van der Waals surface area contributed by atoms with Gasteiger partial charge in [-0.15, -0.1) is 0 Å². The van der Waals surface area contributed by atoms with E-state index >= 15 is 0 Å². The maximum atomic E-state index is 8.66. The lowest BCUT2D eigenvalue weighted by atomic mass is 10.2. The highest BCUT2D eigenvalue weighted by molar-refractivity contribution is 14.1. The minimum atomic E-state index is 0.691. The molecule has 0 bridgehead atoms. The highest BCUT2D eigenvalue weighted by atomic mass is 127. The number of nitriles is 1. The topological polar surface area (TPSA) is 28.7 Å². The predicted molar refractivity (Wildman–Crippen MR) is 63.2 cm³/mol. The molecule has 2 nitrogen and oxygen atoms in total. The van der Waals surface area contributed by atoms with Gasteiger partial charge in [-0.2, -0.15) is 5.26 Å². The van der Waals surface area contributed by atoms with E-state index in [1.165, 1.54) is 0 Å². The molecule has 0 aliphatic heterocycles. The number of halogens is 1. The molecule has 0 aliphatic rings. The van der Waals surface area contributed by atoms with Crippen molar-refractivity contribution in [2.75, 3.05) is 0 Å². The average molecular weight is 294 g/mol. The van der Waals surface area contributed by atoms with Crippen LogP contribution in [0.3, 0.4) is 0 Å². The Labute approximate surface area is 95.9 Å². The first-order valence-corrected chi connectivity index (χ1v) is 5.22. The van der Waals surface area contributed by atoms with E-state index < -0.39 is 0 Å². The molecule has 0 amide bonds. The molecule has 0 saturated heterocycles. The van der Waals surface area contributed by atoms with Crippen molar-refractivity contribution in [1.29, 1.82) is 5.26 Å². The number of hydrogen-bond acceptors (Lipinski definition) is 1. The Bertz CT molecular complexity index is 477. The summed E-state index contributed by atoms with van der Waals surface area (Å²) in [6.45, 7) is 0. The lowest BCUT2D eigenvalue weighted by Gasteiger charge is -2.04. The van der Waals surface area contributed by atoms with Crippen LogP contribution in [0.2, 0.25) is 0 Å². The highest BCUT2D eigenvalue weighted by Crippen LogP contribution is 2.14. The van der Waals surface area contributed by atoms with Crippen LogP contribution in [0.4, 0.5) is 0 Å². The molecular weight excluding hydrogens is 287 g/mol. The summed E-state index contributed by atoms with van der Waals surface area (Å²) in [5, 5.41) is 8.66. The fourth-order valence-corrected chi connectivity index (χ4v) is 1.91. The Morgan fingerprint density at radius 2 is 1.86 bits per heavy atom. The van der Waals surface area contributed by atoms with E-state index in [2.05, 4.69) is 33.2 Å². The van der Waals surface area contributed by atoms with Crippen molar-refractivity contribution in [2.45, 2.75) is 0 Å². The van der Waals surface area contributed by atoms with Crippen LogP contribution in [0.25, 0.3) is 5.69 Å². The van der Waals surface area contributed by atoms with Gasteiger partial charge < -0.3 is 4.57 Å². The summed E-state index contributed by atoms with van der Waals surface area (Å²) in [7, 11) is 0. The summed E-state index contributed by atoms with van der Waals surface area (Å²) < 4.78 is 3.23. The number of benzene rings is 1. The van der Waals surface area contributed by atoms with Gasteiger partial charge in [-0.1, -0.05) is 0 Å². The van der Waals surface area contributed by atoms with Crippen LogP contribution in [0, 0.1) is 15.0 Å². The first-order valence-electron chi connectivity index (χ1n) is 4.14. The monoisotopic (exact) mass is 294 g/mol. The Kier molecular flexibility index (Phi) is 2.55. The summed E-state index contributed by atoms with van der Waals surface area (Å²) in [6, 6.07) is 13.7. The van der Waals surface area contributed by atoms with E-state index in [-0.39, 0.29) is 0 Å². The lowest BCUT2D eigenvalue weighted by Crippen LogP contribution is -1.93. The van der Waals surface area contributed by atoms with Crippen LogP contribution < -0.4 is 0 Å². The Morgan fingerprint density at radius 3 is 2.36 bits per heavy atom. The van der Waals surface area contributed by atoms with E-state index in [0.717, 1.165) is 9.39 Å². The van der Waals surface area contributed by atoms with Gasteiger partial charge in [0.1, 0.15) is 0 Å². The predicted octanol–water partition coefficient (Wildman–Crippen LogP) is 2.95. The first-order chi connectivity index (χ1) is 6.81. The fourth-order valence-electron chi connectivity index (χ4n) is 1.27. The second-order valence-corrected chi connectivity index (χ2v) is 3.96. The van der Waals surface area contributed by atoms with Crippen LogP contribution >= 0.6 is 22.6 Å². The molecule has 1 heterocycles. The van der Waals surface area contributed by atoms with Gasteiger partial charge in [0, 0.05) is 11.9 Å². The molecule has 68 valence electrons. The SMILES string of the molecule is N#Cc1ccc(-n2cccc2I)cc1. The third kappa shape index (κ3) is 1.66. The molecule has 0 N–H and O–H groups in total. The highest BCUT2D eigenvalue weighted by Gasteiger charge is 1.99. The molecule has 0 radical (unpaired) electrons. The standard InChI is InChI=1S/C11H7IN2/c12-11-2-1-7-14(11)10-5-3-9(8-13)4-6-10/h1-7H. The maximum Gasteiger partial charge on any atom is 0.0991 e. The van der Waals surface area contributed by atoms with Gasteiger partial charge in [0.05, 0.1) is 15.3 Å². The Morgan fingerprint density at radius 1 is 1.14 bits per heavy atom. The molecule has 2 aromatic rings. The maximum absolute atomic E-state index is 8.66. The Hall–Kier alpha value is -1.28. The van der Waals surface area contributed by atoms with Crippen molar-refractivity contribution in [3.8, 4) is 11.8 Å². The molecule has 1 aromatic heterocycles. The molecule has 14 heavy (non-hydrogen) atoms. The minimum Gasteiger partial charge on any atom is -0.312 e. The lowest BCUT2D eigenvalue weighted by molar-refractivity contribution is 1.04. The van der Waals surface area contributed by atoms with E-state index in [1.807, 2.05) is 42.6 Å². The molecule has 0 aliphatic carbocycles. The fraction of sp³-hybridized carbons (Fsp3) is 0. The zero-order chi connectivity index (χ0) is 9.97. The van der Waals surface area contributed by atoms with Gasteiger partial charge in [0.15, 0.2) is 0 Å². The van der Waals surface area contributed by atoms with Crippen LogP contribution in [-0.2, 0) is 0 Å². The van der Waals surface area contributed by atoms with Crippen molar-refractivity contribution >= 4 is 22.6 Å². The van der Waals surface area contributed by atoms with Gasteiger partial charge in [0.25, 0.3) is 0 Å². The van der Waals surface area contributed by atoms with E-state index in [0.29, 0.717) is 5.56 Å². The number of hydrogen-bond donors (Lipinski definition) is 0. The van der Waals surface area contributed by atoms with Crippen LogP contribution in [0.1, 0.15) is 5.56 Å². The molecule has 0 fully saturated rings. The Balaban J connectivity index is 2.45. The summed E-state index contributed by atoms with van der Waals surface area (Å²) in [5.41, 5.74) is 1.77.